The zero-order chi connectivity index (χ0) is 27.6. The average Bonchev–Trinajstić information content (AvgIpc) is 3.44. The molecule has 7 heteroatoms. The highest BCUT2D eigenvalue weighted by atomic mass is 19.1. The first-order valence-electron chi connectivity index (χ1n) is 14.4. The lowest BCUT2D eigenvalue weighted by Crippen LogP contribution is -2.37. The highest BCUT2D eigenvalue weighted by molar-refractivity contribution is 6.08. The minimum atomic E-state index is -0.312. The third kappa shape index (κ3) is 5.45. The van der Waals surface area contributed by atoms with E-state index >= 15 is 4.39 Å². The molecule has 1 amide bonds. The second-order valence-electron chi connectivity index (χ2n) is 11.2. The standard InChI is InChI=1S/C33H38FN3O3/c1-3-23-8-10-24(11-9-23)19-35-20-27-28(21-35)29(27)22-37(33(38)26-6-4-5-7-32(26)39-2)25-12-13-31(30(34)18-25)36-14-16-40-17-15-36/h4-13,18,27-29H,3,14-17,19-22H2,1-2H3. The van der Waals surface area contributed by atoms with E-state index in [0.29, 0.717) is 73.3 Å². The number of hydrogen-bond acceptors (Lipinski definition) is 5. The number of hydrogen-bond donors (Lipinski definition) is 0. The molecule has 6 nitrogen and oxygen atoms in total. The van der Waals surface area contributed by atoms with Crippen molar-refractivity contribution in [2.24, 2.45) is 17.8 Å². The summed E-state index contributed by atoms with van der Waals surface area (Å²) in [7, 11) is 1.57. The summed E-state index contributed by atoms with van der Waals surface area (Å²) in [5.74, 6) is 1.57. The highest BCUT2D eigenvalue weighted by Crippen LogP contribution is 2.52. The van der Waals surface area contributed by atoms with E-state index in [1.807, 2.05) is 23.1 Å². The third-order valence-corrected chi connectivity index (χ3v) is 8.86. The molecule has 2 heterocycles. The zero-order valence-electron chi connectivity index (χ0n) is 23.4. The topological polar surface area (TPSA) is 45.2 Å². The van der Waals surface area contributed by atoms with E-state index in [9.17, 15) is 4.79 Å². The smallest absolute Gasteiger partial charge is 0.262 e. The number of ether oxygens (including phenoxy) is 2. The fourth-order valence-electron chi connectivity index (χ4n) is 6.48. The number of nitrogens with zero attached hydrogens (tertiary/aromatic N) is 3. The van der Waals surface area contributed by atoms with Gasteiger partial charge in [0.25, 0.3) is 5.91 Å². The number of carbonyl (C=O) groups is 1. The van der Waals surface area contributed by atoms with Crippen LogP contribution in [0.15, 0.2) is 66.7 Å². The van der Waals surface area contributed by atoms with Gasteiger partial charge in [-0.3, -0.25) is 9.69 Å². The average molecular weight is 544 g/mol. The molecule has 0 aromatic heterocycles. The molecule has 2 unspecified atom stereocenters. The van der Waals surface area contributed by atoms with E-state index in [1.54, 1.807) is 30.2 Å². The number of fused-ring (bicyclic) bond motifs is 1. The summed E-state index contributed by atoms with van der Waals surface area (Å²) in [6, 6.07) is 21.4. The second-order valence-corrected chi connectivity index (χ2v) is 11.2. The van der Waals surface area contributed by atoms with Gasteiger partial charge < -0.3 is 19.3 Å². The zero-order valence-corrected chi connectivity index (χ0v) is 23.4. The van der Waals surface area contributed by atoms with Crippen LogP contribution in [0.3, 0.4) is 0 Å². The fourth-order valence-corrected chi connectivity index (χ4v) is 6.48. The molecule has 1 aliphatic carbocycles. The number of rotatable bonds is 9. The lowest BCUT2D eigenvalue weighted by atomic mass is 10.1. The summed E-state index contributed by atoms with van der Waals surface area (Å²) in [6.45, 7) is 8.27. The van der Waals surface area contributed by atoms with Gasteiger partial charge in [-0.05, 0) is 65.6 Å². The Bertz CT molecular complexity index is 1330. The normalized spacial score (nSPS) is 22.2. The Kier molecular flexibility index (Phi) is 7.76. The molecule has 0 bridgehead atoms. The number of para-hydroxylation sites is 1. The lowest BCUT2D eigenvalue weighted by Gasteiger charge is -2.30. The molecule has 0 N–H and O–H groups in total. The summed E-state index contributed by atoms with van der Waals surface area (Å²) < 4.78 is 26.4. The van der Waals surface area contributed by atoms with Gasteiger partial charge in [0.05, 0.1) is 31.6 Å². The van der Waals surface area contributed by atoms with Crippen molar-refractivity contribution < 1.29 is 18.7 Å². The van der Waals surface area contributed by atoms with Crippen LogP contribution in [0.1, 0.15) is 28.4 Å². The molecule has 2 aliphatic heterocycles. The number of halogens is 1. The van der Waals surface area contributed by atoms with Crippen LogP contribution in [-0.4, -0.2) is 63.9 Å². The number of benzene rings is 3. The van der Waals surface area contributed by atoms with Gasteiger partial charge in [0.1, 0.15) is 11.6 Å². The summed E-state index contributed by atoms with van der Waals surface area (Å²) in [5, 5.41) is 0. The van der Waals surface area contributed by atoms with Crippen molar-refractivity contribution in [3.63, 3.8) is 0 Å². The second kappa shape index (κ2) is 11.6. The number of likely N-dealkylation sites (tertiary alicyclic amines) is 1. The first-order valence-corrected chi connectivity index (χ1v) is 14.4. The van der Waals surface area contributed by atoms with Crippen LogP contribution in [0.25, 0.3) is 0 Å². The minimum absolute atomic E-state index is 0.159. The Hall–Kier alpha value is -3.42. The van der Waals surface area contributed by atoms with Gasteiger partial charge in [-0.15, -0.1) is 0 Å². The summed E-state index contributed by atoms with van der Waals surface area (Å²) >= 11 is 0. The Balaban J connectivity index is 1.19. The predicted molar refractivity (Wildman–Crippen MR) is 156 cm³/mol. The number of morpholine rings is 1. The predicted octanol–water partition coefficient (Wildman–Crippen LogP) is 5.26. The molecule has 3 aromatic carbocycles. The van der Waals surface area contributed by atoms with Gasteiger partial charge in [-0.2, -0.15) is 0 Å². The van der Waals surface area contributed by atoms with Gasteiger partial charge in [0, 0.05) is 45.0 Å². The molecule has 6 rings (SSSR count). The molecule has 2 atom stereocenters. The Morgan fingerprint density at radius 3 is 2.38 bits per heavy atom. The van der Waals surface area contributed by atoms with Crippen LogP contribution in [0.4, 0.5) is 15.8 Å². The summed E-state index contributed by atoms with van der Waals surface area (Å²) in [4.78, 5) is 20.2. The highest BCUT2D eigenvalue weighted by Gasteiger charge is 2.56. The first-order chi connectivity index (χ1) is 19.6. The molecule has 40 heavy (non-hydrogen) atoms. The van der Waals surface area contributed by atoms with Crippen molar-refractivity contribution in [3.05, 3.63) is 89.2 Å². The lowest BCUT2D eigenvalue weighted by molar-refractivity contribution is 0.0981. The molecule has 210 valence electrons. The molecular formula is C33H38FN3O3. The van der Waals surface area contributed by atoms with E-state index in [1.165, 1.54) is 17.2 Å². The molecule has 0 radical (unpaired) electrons. The van der Waals surface area contributed by atoms with E-state index < -0.39 is 0 Å². The van der Waals surface area contributed by atoms with Crippen LogP contribution in [-0.2, 0) is 17.7 Å². The van der Waals surface area contributed by atoms with Crippen LogP contribution in [0.5, 0.6) is 5.75 Å². The fraction of sp³-hybridized carbons (Fsp3) is 0.424. The number of amides is 1. The van der Waals surface area contributed by atoms with Crippen molar-refractivity contribution in [1.82, 2.24) is 4.90 Å². The quantitative estimate of drug-likeness (QED) is 0.369. The summed E-state index contributed by atoms with van der Waals surface area (Å²) in [5.41, 5.74) is 4.35. The number of piperidine rings is 1. The molecule has 0 spiro atoms. The Morgan fingerprint density at radius 2 is 1.70 bits per heavy atom. The Morgan fingerprint density at radius 1 is 1.00 bits per heavy atom. The third-order valence-electron chi connectivity index (χ3n) is 8.86. The number of aryl methyl sites for hydroxylation is 1. The SMILES string of the molecule is CCc1ccc(CN2CC3C(C2)C3CN(C(=O)c2ccccc2OC)c2ccc(N3CCOCC3)c(F)c2)cc1. The molecule has 3 fully saturated rings. The monoisotopic (exact) mass is 543 g/mol. The van der Waals surface area contributed by atoms with Gasteiger partial charge in [-0.25, -0.2) is 4.39 Å². The van der Waals surface area contributed by atoms with Crippen molar-refractivity contribution >= 4 is 17.3 Å². The molecular weight excluding hydrogens is 505 g/mol. The van der Waals surface area contributed by atoms with E-state index in [0.717, 1.165) is 26.1 Å². The van der Waals surface area contributed by atoms with Crippen molar-refractivity contribution in [3.8, 4) is 5.75 Å². The number of methoxy groups -OCH3 is 1. The maximum absolute atomic E-state index is 15.4. The van der Waals surface area contributed by atoms with Crippen molar-refractivity contribution in [2.75, 3.05) is 62.8 Å². The first kappa shape index (κ1) is 26.8. The van der Waals surface area contributed by atoms with Gasteiger partial charge in [0.2, 0.25) is 0 Å². The van der Waals surface area contributed by atoms with Gasteiger partial charge in [0.15, 0.2) is 0 Å². The molecule has 2 saturated heterocycles. The summed E-state index contributed by atoms with van der Waals surface area (Å²) in [6.07, 6.45) is 1.06. The number of anilines is 2. The molecule has 3 aromatic rings. The van der Waals surface area contributed by atoms with Crippen LogP contribution >= 0.6 is 0 Å². The van der Waals surface area contributed by atoms with Crippen LogP contribution in [0.2, 0.25) is 0 Å². The molecule has 1 saturated carbocycles. The minimum Gasteiger partial charge on any atom is -0.496 e. The maximum Gasteiger partial charge on any atom is 0.262 e. The maximum atomic E-state index is 15.4. The number of carbonyl (C=O) groups excluding carboxylic acids is 1. The van der Waals surface area contributed by atoms with E-state index in [-0.39, 0.29) is 11.7 Å². The molecule has 3 aliphatic rings. The van der Waals surface area contributed by atoms with Crippen molar-refractivity contribution in [1.29, 1.82) is 0 Å². The largest absolute Gasteiger partial charge is 0.496 e. The van der Waals surface area contributed by atoms with Gasteiger partial charge >= 0.3 is 0 Å². The Labute approximate surface area is 236 Å². The van der Waals surface area contributed by atoms with Crippen LogP contribution in [0, 0.1) is 23.6 Å². The van der Waals surface area contributed by atoms with Crippen LogP contribution < -0.4 is 14.5 Å². The van der Waals surface area contributed by atoms with E-state index in [2.05, 4.69) is 36.1 Å². The van der Waals surface area contributed by atoms with E-state index in [4.69, 9.17) is 9.47 Å². The van der Waals surface area contributed by atoms with Gasteiger partial charge in [-0.1, -0.05) is 43.3 Å². The van der Waals surface area contributed by atoms with Crippen molar-refractivity contribution in [2.45, 2.75) is 19.9 Å².